The number of aliphatic carboxylic acids is 1. The number of carboxylic acid groups (broad SMARTS) is 1. The average molecular weight is 313 g/mol. The van der Waals surface area contributed by atoms with E-state index in [1.165, 1.54) is 0 Å². The van der Waals surface area contributed by atoms with Crippen LogP contribution in [-0.2, 0) is 9.53 Å². The molecule has 0 aliphatic heterocycles. The molecule has 0 aliphatic carbocycles. The SMILES string of the molecule is CCOC(N)=O.O=C(O)CCC#CI. The molecular formula is C8H12INO4. The van der Waals surface area contributed by atoms with E-state index in [2.05, 4.69) is 20.3 Å². The normalized spacial score (nSPS) is 7.29. The third kappa shape index (κ3) is 22.5. The molecule has 0 atom stereocenters. The van der Waals surface area contributed by atoms with Crippen LogP contribution in [0.25, 0.3) is 0 Å². The van der Waals surface area contributed by atoms with Crippen molar-refractivity contribution in [1.82, 2.24) is 0 Å². The second kappa shape index (κ2) is 12.0. The molecule has 0 heterocycles. The molecule has 3 N–H and O–H groups in total. The molecule has 0 aliphatic rings. The van der Waals surface area contributed by atoms with Crippen LogP contribution < -0.4 is 5.73 Å². The number of carbonyl (C=O) groups is 2. The van der Waals surface area contributed by atoms with E-state index in [0.717, 1.165) is 0 Å². The van der Waals surface area contributed by atoms with Gasteiger partial charge in [0.25, 0.3) is 0 Å². The first-order valence-electron chi connectivity index (χ1n) is 3.77. The molecule has 0 bridgehead atoms. The quantitative estimate of drug-likeness (QED) is 0.608. The third-order valence-corrected chi connectivity index (χ3v) is 1.20. The summed E-state index contributed by atoms with van der Waals surface area (Å²) < 4.78 is 6.76. The highest BCUT2D eigenvalue weighted by Gasteiger charge is 1.90. The summed E-state index contributed by atoms with van der Waals surface area (Å²) >= 11 is 1.88. The highest BCUT2D eigenvalue weighted by Crippen LogP contribution is 1.85. The Labute approximate surface area is 96.1 Å². The summed E-state index contributed by atoms with van der Waals surface area (Å²) in [6.07, 6.45) is -0.105. The van der Waals surface area contributed by atoms with E-state index in [1.54, 1.807) is 6.92 Å². The van der Waals surface area contributed by atoms with Gasteiger partial charge in [-0.1, -0.05) is 5.92 Å². The zero-order valence-electron chi connectivity index (χ0n) is 7.75. The largest absolute Gasteiger partial charge is 0.481 e. The van der Waals surface area contributed by atoms with Gasteiger partial charge in [-0.05, 0) is 10.9 Å². The van der Waals surface area contributed by atoms with Crippen molar-refractivity contribution in [3.05, 3.63) is 0 Å². The van der Waals surface area contributed by atoms with Crippen molar-refractivity contribution < 1.29 is 19.4 Å². The van der Waals surface area contributed by atoms with Gasteiger partial charge in [-0.2, -0.15) is 0 Å². The predicted molar refractivity (Wildman–Crippen MR) is 59.9 cm³/mol. The fourth-order valence-electron chi connectivity index (χ4n) is 0.359. The molecule has 0 rings (SSSR count). The van der Waals surface area contributed by atoms with Crippen LogP contribution in [0.15, 0.2) is 0 Å². The van der Waals surface area contributed by atoms with E-state index in [9.17, 15) is 9.59 Å². The maximum Gasteiger partial charge on any atom is 0.404 e. The maximum absolute atomic E-state index is 9.80. The lowest BCUT2D eigenvalue weighted by molar-refractivity contribution is -0.136. The van der Waals surface area contributed by atoms with E-state index in [0.29, 0.717) is 13.0 Å². The number of primary amides is 1. The Morgan fingerprint density at radius 1 is 1.57 bits per heavy atom. The summed E-state index contributed by atoms with van der Waals surface area (Å²) in [6, 6.07) is 0. The first-order chi connectivity index (χ1) is 6.54. The molecular weight excluding hydrogens is 301 g/mol. The van der Waals surface area contributed by atoms with Gasteiger partial charge in [-0.15, -0.1) is 0 Å². The smallest absolute Gasteiger partial charge is 0.404 e. The molecule has 0 unspecified atom stereocenters. The molecule has 5 nitrogen and oxygen atoms in total. The molecule has 0 spiro atoms. The van der Waals surface area contributed by atoms with Crippen LogP contribution in [0.2, 0.25) is 0 Å². The van der Waals surface area contributed by atoms with E-state index in [1.807, 2.05) is 22.6 Å². The van der Waals surface area contributed by atoms with Crippen LogP contribution in [0.5, 0.6) is 0 Å². The van der Waals surface area contributed by atoms with Gasteiger partial charge in [0.1, 0.15) is 0 Å². The minimum Gasteiger partial charge on any atom is -0.481 e. The van der Waals surface area contributed by atoms with Crippen LogP contribution in [0.1, 0.15) is 19.8 Å². The van der Waals surface area contributed by atoms with Gasteiger partial charge in [-0.3, -0.25) is 4.79 Å². The highest BCUT2D eigenvalue weighted by atomic mass is 127. The number of nitrogens with two attached hydrogens (primary N) is 1. The summed E-state index contributed by atoms with van der Waals surface area (Å²) in [6.45, 7) is 2.06. The second-order valence-electron chi connectivity index (χ2n) is 1.92. The van der Waals surface area contributed by atoms with Crippen molar-refractivity contribution in [3.63, 3.8) is 0 Å². The number of hydrogen-bond acceptors (Lipinski definition) is 3. The topological polar surface area (TPSA) is 89.6 Å². The van der Waals surface area contributed by atoms with Crippen LogP contribution in [-0.4, -0.2) is 23.8 Å². The number of amides is 1. The minimum atomic E-state index is -0.788. The first kappa shape index (κ1) is 15.5. The Balaban J connectivity index is 0. The number of rotatable bonds is 3. The molecule has 0 aromatic heterocycles. The molecule has 0 radical (unpaired) electrons. The number of carbonyl (C=O) groups excluding carboxylic acids is 1. The standard InChI is InChI=1S/C5H5IO2.C3H7NO2/c6-4-2-1-3-5(7)8;1-2-6-3(4)5/h1,3H2,(H,7,8);2H2,1H3,(H2,4,5). The second-order valence-corrected chi connectivity index (χ2v) is 2.46. The van der Waals surface area contributed by atoms with Crippen LogP contribution in [0.4, 0.5) is 4.79 Å². The van der Waals surface area contributed by atoms with E-state index in [4.69, 9.17) is 5.11 Å². The lowest BCUT2D eigenvalue weighted by Gasteiger charge is -1.89. The lowest BCUT2D eigenvalue weighted by Crippen LogP contribution is -2.11. The van der Waals surface area contributed by atoms with Crippen molar-refractivity contribution in [2.75, 3.05) is 6.61 Å². The molecule has 0 aromatic rings. The number of ether oxygens (including phenoxy) is 1. The van der Waals surface area contributed by atoms with Crippen molar-refractivity contribution in [2.45, 2.75) is 19.8 Å². The fraction of sp³-hybridized carbons (Fsp3) is 0.500. The average Bonchev–Trinajstić information content (AvgIpc) is 2.05. The summed E-state index contributed by atoms with van der Waals surface area (Å²) in [5.41, 5.74) is 4.54. The zero-order valence-corrected chi connectivity index (χ0v) is 9.91. The molecule has 0 saturated carbocycles. The summed E-state index contributed by atoms with van der Waals surface area (Å²) in [7, 11) is 0. The minimum absolute atomic E-state index is 0.149. The summed E-state index contributed by atoms with van der Waals surface area (Å²) in [5, 5.41) is 8.07. The monoisotopic (exact) mass is 313 g/mol. The molecule has 6 heteroatoms. The van der Waals surface area contributed by atoms with Gasteiger partial charge in [0, 0.05) is 29.0 Å². The van der Waals surface area contributed by atoms with E-state index < -0.39 is 12.1 Å². The van der Waals surface area contributed by atoms with Gasteiger partial charge >= 0.3 is 12.1 Å². The van der Waals surface area contributed by atoms with Crippen molar-refractivity contribution in [3.8, 4) is 9.85 Å². The summed E-state index contributed by atoms with van der Waals surface area (Å²) in [5.74, 6) is 1.85. The lowest BCUT2D eigenvalue weighted by atomic mass is 10.3. The van der Waals surface area contributed by atoms with Gasteiger partial charge in [0.05, 0.1) is 13.0 Å². The third-order valence-electron chi connectivity index (χ3n) is 0.817. The van der Waals surface area contributed by atoms with Gasteiger partial charge in [-0.25, -0.2) is 4.79 Å². The van der Waals surface area contributed by atoms with Gasteiger partial charge < -0.3 is 15.6 Å². The number of carboxylic acids is 1. The highest BCUT2D eigenvalue weighted by molar-refractivity contribution is 14.1. The number of hydrogen-bond donors (Lipinski definition) is 2. The Bertz CT molecular complexity index is 231. The van der Waals surface area contributed by atoms with Gasteiger partial charge in [0.15, 0.2) is 0 Å². The van der Waals surface area contributed by atoms with Gasteiger partial charge in [0.2, 0.25) is 0 Å². The van der Waals surface area contributed by atoms with Crippen LogP contribution in [0, 0.1) is 9.85 Å². The van der Waals surface area contributed by atoms with Crippen LogP contribution >= 0.6 is 22.6 Å². The van der Waals surface area contributed by atoms with Crippen molar-refractivity contribution in [2.24, 2.45) is 5.73 Å². The molecule has 80 valence electrons. The molecule has 14 heavy (non-hydrogen) atoms. The van der Waals surface area contributed by atoms with E-state index in [-0.39, 0.29) is 6.42 Å². The Morgan fingerprint density at radius 2 is 2.14 bits per heavy atom. The zero-order chi connectivity index (χ0) is 11.4. The number of halogens is 1. The Morgan fingerprint density at radius 3 is 2.36 bits per heavy atom. The molecule has 0 fully saturated rings. The van der Waals surface area contributed by atoms with Crippen molar-refractivity contribution >= 4 is 34.7 Å². The van der Waals surface area contributed by atoms with E-state index >= 15 is 0 Å². The van der Waals surface area contributed by atoms with Crippen molar-refractivity contribution in [1.29, 1.82) is 0 Å². The van der Waals surface area contributed by atoms with Crippen LogP contribution in [0.3, 0.4) is 0 Å². The fourth-order valence-corrected chi connectivity index (χ4v) is 0.629. The molecule has 0 aromatic carbocycles. The Hall–Kier alpha value is -0.970. The molecule has 0 saturated heterocycles. The summed E-state index contributed by atoms with van der Waals surface area (Å²) in [4.78, 5) is 19.4. The maximum atomic E-state index is 9.80. The first-order valence-corrected chi connectivity index (χ1v) is 4.85. The Kier molecular flexibility index (Phi) is 13.3. The predicted octanol–water partition coefficient (Wildman–Crippen LogP) is 1.35. The molecule has 1 amide bonds.